The lowest BCUT2D eigenvalue weighted by atomic mass is 9.96. The van der Waals surface area contributed by atoms with Gasteiger partial charge in [0.2, 0.25) is 5.91 Å². The molecule has 0 bridgehead atoms. The van der Waals surface area contributed by atoms with Crippen molar-refractivity contribution < 1.29 is 18.5 Å². The summed E-state index contributed by atoms with van der Waals surface area (Å²) in [6, 6.07) is 3.64. The van der Waals surface area contributed by atoms with E-state index in [4.69, 9.17) is 8.94 Å². The van der Waals surface area contributed by atoms with Gasteiger partial charge in [0.25, 0.3) is 5.91 Å². The van der Waals surface area contributed by atoms with Crippen LogP contribution in [0, 0.1) is 6.92 Å². The molecule has 138 valence electrons. The van der Waals surface area contributed by atoms with Crippen LogP contribution in [-0.4, -0.2) is 41.0 Å². The van der Waals surface area contributed by atoms with Crippen molar-refractivity contribution in [1.29, 1.82) is 0 Å². The maximum Gasteiger partial charge on any atom is 0.276 e. The average Bonchev–Trinajstić information content (AvgIpc) is 3.31. The number of carbonyl (C=O) groups excluding carboxylic acids is 2. The molecule has 0 radical (unpaired) electrons. The SMILES string of the molecule is CC(=O)NC1CN(C(=O)c2noc3c2CCCC3)CC1c1ccc(C)o1. The molecule has 0 spiro atoms. The maximum atomic E-state index is 13.1. The van der Waals surface area contributed by atoms with Crippen LogP contribution in [-0.2, 0) is 17.6 Å². The highest BCUT2D eigenvalue weighted by Gasteiger charge is 2.40. The molecule has 2 aliphatic rings. The standard InChI is InChI=1S/C19H23N3O4/c1-11-7-8-16(25-11)14-9-22(10-15(14)20-12(2)23)19(24)18-13-5-3-4-6-17(13)26-21-18/h7-8,14-15H,3-6,9-10H2,1-2H3,(H,20,23). The molecule has 3 heterocycles. The molecule has 26 heavy (non-hydrogen) atoms. The van der Waals surface area contributed by atoms with Crippen molar-refractivity contribution >= 4 is 11.8 Å². The van der Waals surface area contributed by atoms with Crippen molar-refractivity contribution in [2.24, 2.45) is 0 Å². The molecular weight excluding hydrogens is 334 g/mol. The van der Waals surface area contributed by atoms with Crippen molar-refractivity contribution in [2.45, 2.75) is 51.5 Å². The molecule has 4 rings (SSSR count). The molecule has 1 saturated heterocycles. The number of hydrogen-bond acceptors (Lipinski definition) is 5. The molecule has 1 fully saturated rings. The molecule has 0 saturated carbocycles. The van der Waals surface area contributed by atoms with Gasteiger partial charge in [-0.15, -0.1) is 0 Å². The van der Waals surface area contributed by atoms with Crippen LogP contribution in [0.25, 0.3) is 0 Å². The summed E-state index contributed by atoms with van der Waals surface area (Å²) in [5, 5.41) is 7.01. The fourth-order valence-electron chi connectivity index (χ4n) is 4.02. The van der Waals surface area contributed by atoms with Gasteiger partial charge in [-0.25, -0.2) is 0 Å². The molecule has 2 atom stereocenters. The van der Waals surface area contributed by atoms with Crippen LogP contribution in [0.4, 0.5) is 0 Å². The van der Waals surface area contributed by atoms with E-state index >= 15 is 0 Å². The largest absolute Gasteiger partial charge is 0.466 e. The minimum Gasteiger partial charge on any atom is -0.466 e. The third-order valence-corrected chi connectivity index (χ3v) is 5.28. The number of nitrogens with one attached hydrogen (secondary N) is 1. The number of likely N-dealkylation sites (tertiary alicyclic amines) is 1. The van der Waals surface area contributed by atoms with Gasteiger partial charge in [-0.05, 0) is 38.3 Å². The molecule has 2 aromatic rings. The predicted molar refractivity (Wildman–Crippen MR) is 92.8 cm³/mol. The number of nitrogens with zero attached hydrogens (tertiary/aromatic N) is 2. The number of furan rings is 1. The molecule has 2 aromatic heterocycles. The van der Waals surface area contributed by atoms with E-state index in [1.807, 2.05) is 19.1 Å². The predicted octanol–water partition coefficient (Wildman–Crippen LogP) is 2.20. The Hall–Kier alpha value is -2.57. The van der Waals surface area contributed by atoms with E-state index in [0.29, 0.717) is 18.8 Å². The molecule has 0 aromatic carbocycles. The first kappa shape index (κ1) is 16.9. The fraction of sp³-hybridized carbons (Fsp3) is 0.526. The van der Waals surface area contributed by atoms with E-state index in [-0.39, 0.29) is 23.8 Å². The van der Waals surface area contributed by atoms with Gasteiger partial charge in [0.15, 0.2) is 5.69 Å². The lowest BCUT2D eigenvalue weighted by Gasteiger charge is -2.17. The first-order valence-electron chi connectivity index (χ1n) is 9.13. The average molecular weight is 357 g/mol. The van der Waals surface area contributed by atoms with Gasteiger partial charge >= 0.3 is 0 Å². The summed E-state index contributed by atoms with van der Waals surface area (Å²) < 4.78 is 11.2. The van der Waals surface area contributed by atoms with Crippen molar-refractivity contribution in [3.63, 3.8) is 0 Å². The number of fused-ring (bicyclic) bond motifs is 1. The topological polar surface area (TPSA) is 88.6 Å². The van der Waals surface area contributed by atoms with E-state index in [2.05, 4.69) is 10.5 Å². The van der Waals surface area contributed by atoms with Gasteiger partial charge in [-0.1, -0.05) is 5.16 Å². The second kappa shape index (κ2) is 6.63. The molecular formula is C19H23N3O4. The highest BCUT2D eigenvalue weighted by atomic mass is 16.5. The number of rotatable bonds is 3. The summed E-state index contributed by atoms with van der Waals surface area (Å²) in [5.74, 6) is 2.14. The third kappa shape index (κ3) is 3.02. The van der Waals surface area contributed by atoms with Gasteiger partial charge in [-0.3, -0.25) is 9.59 Å². The van der Waals surface area contributed by atoms with Crippen LogP contribution in [0.3, 0.4) is 0 Å². The lowest BCUT2D eigenvalue weighted by molar-refractivity contribution is -0.119. The Morgan fingerprint density at radius 2 is 2.04 bits per heavy atom. The van der Waals surface area contributed by atoms with Gasteiger partial charge in [0, 0.05) is 32.0 Å². The first-order chi connectivity index (χ1) is 12.5. The van der Waals surface area contributed by atoms with E-state index in [1.54, 1.807) is 4.90 Å². The van der Waals surface area contributed by atoms with E-state index in [9.17, 15) is 9.59 Å². The second-order valence-corrected chi connectivity index (χ2v) is 7.21. The number of hydrogen-bond donors (Lipinski definition) is 1. The summed E-state index contributed by atoms with van der Waals surface area (Å²) in [5.41, 5.74) is 1.38. The number of aromatic nitrogens is 1. The number of carbonyl (C=O) groups is 2. The highest BCUT2D eigenvalue weighted by Crippen LogP contribution is 2.31. The first-order valence-corrected chi connectivity index (χ1v) is 9.13. The number of aryl methyl sites for hydroxylation is 2. The quantitative estimate of drug-likeness (QED) is 0.910. The molecule has 1 N–H and O–H groups in total. The molecule has 2 unspecified atom stereocenters. The van der Waals surface area contributed by atoms with Crippen molar-refractivity contribution in [2.75, 3.05) is 13.1 Å². The summed E-state index contributed by atoms with van der Waals surface area (Å²) in [7, 11) is 0. The Bertz CT molecular complexity index is 838. The smallest absolute Gasteiger partial charge is 0.276 e. The second-order valence-electron chi connectivity index (χ2n) is 7.21. The van der Waals surface area contributed by atoms with Crippen LogP contribution in [0.2, 0.25) is 0 Å². The normalized spacial score (nSPS) is 22.3. The zero-order valence-electron chi connectivity index (χ0n) is 15.1. The van der Waals surface area contributed by atoms with Crippen LogP contribution >= 0.6 is 0 Å². The van der Waals surface area contributed by atoms with Crippen molar-refractivity contribution in [1.82, 2.24) is 15.4 Å². The fourth-order valence-corrected chi connectivity index (χ4v) is 4.02. The van der Waals surface area contributed by atoms with Crippen molar-refractivity contribution in [3.8, 4) is 0 Å². The monoisotopic (exact) mass is 357 g/mol. The van der Waals surface area contributed by atoms with E-state index in [1.165, 1.54) is 6.92 Å². The summed E-state index contributed by atoms with van der Waals surface area (Å²) in [6.45, 7) is 4.29. The highest BCUT2D eigenvalue weighted by molar-refractivity contribution is 5.94. The van der Waals surface area contributed by atoms with Gasteiger partial charge in [0.05, 0.1) is 12.0 Å². The molecule has 1 aliphatic carbocycles. The van der Waals surface area contributed by atoms with Gasteiger partial charge in [0.1, 0.15) is 17.3 Å². The summed E-state index contributed by atoms with van der Waals surface area (Å²) >= 11 is 0. The van der Waals surface area contributed by atoms with Crippen molar-refractivity contribution in [3.05, 3.63) is 40.7 Å². The maximum absolute atomic E-state index is 13.1. The Balaban J connectivity index is 1.58. The van der Waals surface area contributed by atoms with Gasteiger partial charge < -0.3 is 19.2 Å². The van der Waals surface area contributed by atoms with Crippen LogP contribution in [0.15, 0.2) is 21.1 Å². The third-order valence-electron chi connectivity index (χ3n) is 5.28. The summed E-state index contributed by atoms with van der Waals surface area (Å²) in [4.78, 5) is 26.4. The number of amides is 2. The zero-order chi connectivity index (χ0) is 18.3. The Labute approximate surface area is 151 Å². The Kier molecular flexibility index (Phi) is 4.30. The molecule has 7 nitrogen and oxygen atoms in total. The van der Waals surface area contributed by atoms with Gasteiger partial charge in [-0.2, -0.15) is 0 Å². The minimum atomic E-state index is -0.176. The zero-order valence-corrected chi connectivity index (χ0v) is 15.1. The minimum absolute atomic E-state index is 0.0701. The van der Waals surface area contributed by atoms with E-state index in [0.717, 1.165) is 48.5 Å². The van der Waals surface area contributed by atoms with E-state index < -0.39 is 0 Å². The Morgan fingerprint density at radius 1 is 1.23 bits per heavy atom. The summed E-state index contributed by atoms with van der Waals surface area (Å²) in [6.07, 6.45) is 3.81. The molecule has 1 aliphatic heterocycles. The lowest BCUT2D eigenvalue weighted by Crippen LogP contribution is -2.39. The molecule has 2 amide bonds. The van der Waals surface area contributed by atoms with Crippen LogP contribution in [0.1, 0.15) is 59.0 Å². The molecule has 7 heteroatoms. The van der Waals surface area contributed by atoms with Crippen LogP contribution in [0.5, 0.6) is 0 Å². The van der Waals surface area contributed by atoms with Crippen LogP contribution < -0.4 is 5.32 Å². The Morgan fingerprint density at radius 3 is 2.77 bits per heavy atom.